The van der Waals surface area contributed by atoms with Crippen molar-refractivity contribution in [2.75, 3.05) is 31.1 Å². The summed E-state index contributed by atoms with van der Waals surface area (Å²) in [5.41, 5.74) is -0.311. The second-order valence-electron chi connectivity index (χ2n) is 6.79. The van der Waals surface area contributed by atoms with Gasteiger partial charge in [0.25, 0.3) is 0 Å². The van der Waals surface area contributed by atoms with Crippen LogP contribution < -0.4 is 4.90 Å². The van der Waals surface area contributed by atoms with Crippen molar-refractivity contribution in [1.29, 1.82) is 0 Å². The number of anilines is 1. The second-order valence-corrected chi connectivity index (χ2v) is 10.0. The minimum Gasteiger partial charge on any atom is -0.352 e. The molecule has 0 unspecified atom stereocenters. The lowest BCUT2D eigenvalue weighted by Gasteiger charge is -2.34. The topological polar surface area (TPSA) is 66.4 Å². The van der Waals surface area contributed by atoms with Crippen molar-refractivity contribution in [3.63, 3.8) is 0 Å². The Kier molecular flexibility index (Phi) is 5.95. The predicted molar refractivity (Wildman–Crippen MR) is 113 cm³/mol. The lowest BCUT2D eigenvalue weighted by molar-refractivity contribution is -0.137. The van der Waals surface area contributed by atoms with E-state index in [0.717, 1.165) is 27.0 Å². The normalized spacial score (nSPS) is 15.9. The Labute approximate surface area is 185 Å². The van der Waals surface area contributed by atoms with Crippen LogP contribution in [0.2, 0.25) is 5.02 Å². The summed E-state index contributed by atoms with van der Waals surface area (Å²) in [5, 5.41) is 10.1. The van der Waals surface area contributed by atoms with E-state index in [9.17, 15) is 21.6 Å². The zero-order valence-electron chi connectivity index (χ0n) is 15.9. The number of piperazine rings is 1. The Bertz CT molecular complexity index is 1160. The third kappa shape index (κ3) is 4.54. The summed E-state index contributed by atoms with van der Waals surface area (Å²) in [7, 11) is -4.18. The van der Waals surface area contributed by atoms with Gasteiger partial charge in [-0.1, -0.05) is 17.7 Å². The molecule has 3 heterocycles. The minimum absolute atomic E-state index is 0.0866. The molecule has 1 aliphatic rings. The molecule has 1 saturated heterocycles. The highest BCUT2D eigenvalue weighted by Crippen LogP contribution is 2.34. The molecule has 0 amide bonds. The highest BCUT2D eigenvalue weighted by atomic mass is 35.5. The van der Waals surface area contributed by atoms with Crippen molar-refractivity contribution in [3.8, 4) is 10.6 Å². The molecule has 0 aliphatic carbocycles. The first-order chi connectivity index (χ1) is 14.7. The van der Waals surface area contributed by atoms with Gasteiger partial charge in [0.2, 0.25) is 10.0 Å². The van der Waals surface area contributed by atoms with Crippen molar-refractivity contribution >= 4 is 38.8 Å². The van der Waals surface area contributed by atoms with Crippen LogP contribution in [-0.2, 0) is 16.2 Å². The molecular weight excluding hydrogens is 473 g/mol. The lowest BCUT2D eigenvalue weighted by atomic mass is 10.2. The summed E-state index contributed by atoms with van der Waals surface area (Å²) in [6, 6.07) is 9.83. The van der Waals surface area contributed by atoms with Crippen LogP contribution in [0.15, 0.2) is 52.7 Å². The van der Waals surface area contributed by atoms with Crippen molar-refractivity contribution in [2.24, 2.45) is 0 Å². The number of halogens is 4. The van der Waals surface area contributed by atoms with Gasteiger partial charge >= 0.3 is 6.18 Å². The fraction of sp³-hybridized carbons (Fsp3) is 0.263. The average molecular weight is 489 g/mol. The van der Waals surface area contributed by atoms with Crippen molar-refractivity contribution in [3.05, 3.63) is 58.4 Å². The Hall–Kier alpha value is -2.21. The van der Waals surface area contributed by atoms with Crippen LogP contribution in [0.4, 0.5) is 19.0 Å². The largest absolute Gasteiger partial charge is 0.416 e. The molecule has 0 spiro atoms. The Morgan fingerprint density at radius 1 is 1.00 bits per heavy atom. The third-order valence-electron chi connectivity index (χ3n) is 4.86. The number of benzene rings is 1. The van der Waals surface area contributed by atoms with Crippen LogP contribution >= 0.6 is 22.9 Å². The molecule has 164 valence electrons. The van der Waals surface area contributed by atoms with Crippen LogP contribution in [0.1, 0.15) is 5.56 Å². The van der Waals surface area contributed by atoms with Gasteiger partial charge in [-0.3, -0.25) is 0 Å². The highest BCUT2D eigenvalue weighted by Gasteiger charge is 2.35. The smallest absolute Gasteiger partial charge is 0.352 e. The van der Waals surface area contributed by atoms with Crippen LogP contribution in [0.5, 0.6) is 0 Å². The molecule has 0 N–H and O–H groups in total. The third-order valence-corrected chi connectivity index (χ3v) is 8.14. The SMILES string of the molecule is O=S(=O)(c1cc(C(F)(F)F)ccc1Cl)N1CCN(c2ccc(-c3cccs3)nn2)CC1. The molecule has 0 atom stereocenters. The highest BCUT2D eigenvalue weighted by molar-refractivity contribution is 7.89. The average Bonchev–Trinajstić information content (AvgIpc) is 3.28. The van der Waals surface area contributed by atoms with E-state index in [1.807, 2.05) is 34.5 Å². The zero-order valence-corrected chi connectivity index (χ0v) is 18.3. The maximum absolute atomic E-state index is 13.0. The fourth-order valence-electron chi connectivity index (χ4n) is 3.22. The minimum atomic E-state index is -4.67. The Morgan fingerprint density at radius 2 is 1.74 bits per heavy atom. The second kappa shape index (κ2) is 8.38. The maximum atomic E-state index is 13.0. The molecule has 3 aromatic rings. The molecule has 0 radical (unpaired) electrons. The molecule has 6 nitrogen and oxygen atoms in total. The standard InChI is InChI=1S/C19H16ClF3N4O2S2/c20-14-4-3-13(19(21,22)23)12-17(14)31(28,29)27-9-7-26(8-10-27)18-6-5-15(24-25-18)16-2-1-11-30-16/h1-6,11-12H,7-10H2. The summed E-state index contributed by atoms with van der Waals surface area (Å²) < 4.78 is 66.1. The van der Waals surface area contributed by atoms with Gasteiger partial charge in [-0.2, -0.15) is 17.5 Å². The summed E-state index contributed by atoms with van der Waals surface area (Å²) in [4.78, 5) is 2.33. The summed E-state index contributed by atoms with van der Waals surface area (Å²) >= 11 is 7.48. The van der Waals surface area contributed by atoms with E-state index in [1.165, 1.54) is 0 Å². The van der Waals surface area contributed by atoms with Crippen LogP contribution in [0.25, 0.3) is 10.6 Å². The van der Waals surface area contributed by atoms with Gasteiger partial charge in [0, 0.05) is 26.2 Å². The number of rotatable bonds is 4. The number of nitrogens with zero attached hydrogens (tertiary/aromatic N) is 4. The van der Waals surface area contributed by atoms with E-state index < -0.39 is 26.7 Å². The van der Waals surface area contributed by atoms with Crippen LogP contribution in [0.3, 0.4) is 0 Å². The molecule has 0 bridgehead atoms. The van der Waals surface area contributed by atoms with E-state index in [-0.39, 0.29) is 18.1 Å². The van der Waals surface area contributed by atoms with Gasteiger partial charge in [0.1, 0.15) is 10.6 Å². The molecule has 2 aromatic heterocycles. The number of thiophene rings is 1. The van der Waals surface area contributed by atoms with E-state index in [0.29, 0.717) is 25.0 Å². The summed E-state index contributed by atoms with van der Waals surface area (Å²) in [6.07, 6.45) is -4.67. The molecule has 1 fully saturated rings. The number of hydrogen-bond acceptors (Lipinski definition) is 6. The Morgan fingerprint density at radius 3 is 2.32 bits per heavy atom. The quantitative estimate of drug-likeness (QED) is 0.545. The molecule has 0 saturated carbocycles. The molecular formula is C19H16ClF3N4O2S2. The van der Waals surface area contributed by atoms with E-state index in [4.69, 9.17) is 11.6 Å². The van der Waals surface area contributed by atoms with E-state index in [2.05, 4.69) is 10.2 Å². The lowest BCUT2D eigenvalue weighted by Crippen LogP contribution is -2.49. The first-order valence-electron chi connectivity index (χ1n) is 9.16. The van der Waals surface area contributed by atoms with Crippen molar-refractivity contribution in [1.82, 2.24) is 14.5 Å². The molecule has 4 rings (SSSR count). The number of alkyl halides is 3. The monoisotopic (exact) mass is 488 g/mol. The van der Waals surface area contributed by atoms with Gasteiger partial charge in [0.15, 0.2) is 5.82 Å². The van der Waals surface area contributed by atoms with Gasteiger partial charge in [-0.15, -0.1) is 21.5 Å². The molecule has 1 aromatic carbocycles. The first kappa shape index (κ1) is 22.0. The molecule has 1 aliphatic heterocycles. The Balaban J connectivity index is 1.48. The van der Waals surface area contributed by atoms with Gasteiger partial charge in [-0.05, 0) is 41.8 Å². The summed E-state index contributed by atoms with van der Waals surface area (Å²) in [5.74, 6) is 0.606. The van der Waals surface area contributed by atoms with Crippen LogP contribution in [0, 0.1) is 0 Å². The van der Waals surface area contributed by atoms with Gasteiger partial charge in [0.05, 0.1) is 15.5 Å². The van der Waals surface area contributed by atoms with Crippen LogP contribution in [-0.4, -0.2) is 49.1 Å². The number of hydrogen-bond donors (Lipinski definition) is 0. The van der Waals surface area contributed by atoms with Crippen molar-refractivity contribution in [2.45, 2.75) is 11.1 Å². The zero-order chi connectivity index (χ0) is 22.2. The molecule has 12 heteroatoms. The number of aromatic nitrogens is 2. The predicted octanol–water partition coefficient (Wildman–Crippen LogP) is 4.39. The summed E-state index contributed by atoms with van der Waals surface area (Å²) in [6.45, 7) is 0.818. The van der Waals surface area contributed by atoms with Gasteiger partial charge < -0.3 is 4.90 Å². The van der Waals surface area contributed by atoms with E-state index >= 15 is 0 Å². The molecule has 31 heavy (non-hydrogen) atoms. The van der Waals surface area contributed by atoms with E-state index in [1.54, 1.807) is 11.3 Å². The van der Waals surface area contributed by atoms with Gasteiger partial charge in [-0.25, -0.2) is 8.42 Å². The first-order valence-corrected chi connectivity index (χ1v) is 11.9. The maximum Gasteiger partial charge on any atom is 0.416 e. The fourth-order valence-corrected chi connectivity index (χ4v) is 5.84. The number of sulfonamides is 1. The van der Waals surface area contributed by atoms with Crippen molar-refractivity contribution < 1.29 is 21.6 Å².